The normalized spacial score (nSPS) is 10.9. The van der Waals surface area contributed by atoms with Crippen molar-refractivity contribution in [3.8, 4) is 11.9 Å². The fraction of sp³-hybridized carbons (Fsp3) is 0.455. The number of hydrogen-bond acceptors (Lipinski definition) is 6. The Hall–Kier alpha value is -2.02. The summed E-state index contributed by atoms with van der Waals surface area (Å²) in [6, 6.07) is 0.662. The summed E-state index contributed by atoms with van der Waals surface area (Å²) >= 11 is 0. The molecule has 0 unspecified atom stereocenters. The lowest BCUT2D eigenvalue weighted by atomic mass is 10.3. The molecule has 0 aliphatic carbocycles. The van der Waals surface area contributed by atoms with Crippen LogP contribution in [-0.4, -0.2) is 30.8 Å². The Labute approximate surface area is 105 Å². The van der Waals surface area contributed by atoms with Gasteiger partial charge in [-0.3, -0.25) is 9.67 Å². The largest absolute Gasteiger partial charge is 0.402 e. The molecule has 0 amide bonds. The fourth-order valence-corrected chi connectivity index (χ4v) is 1.29. The third kappa shape index (κ3) is 3.49. The van der Waals surface area contributed by atoms with E-state index in [0.717, 1.165) is 5.69 Å². The van der Waals surface area contributed by atoms with Gasteiger partial charge in [0.1, 0.15) is 6.33 Å². The summed E-state index contributed by atoms with van der Waals surface area (Å²) in [5, 5.41) is 7.27. The maximum atomic E-state index is 5.40. The van der Waals surface area contributed by atoms with Crippen LogP contribution in [0.3, 0.4) is 0 Å². The topological polar surface area (TPSA) is 77.8 Å². The van der Waals surface area contributed by atoms with Crippen LogP contribution in [-0.2, 0) is 13.6 Å². The maximum absolute atomic E-state index is 5.40. The minimum atomic E-state index is 0.265. The second kappa shape index (κ2) is 5.54. The summed E-state index contributed by atoms with van der Waals surface area (Å²) in [5.74, 6) is 0.393. The average Bonchev–Trinajstić information content (AvgIpc) is 2.73. The van der Waals surface area contributed by atoms with E-state index in [-0.39, 0.29) is 6.01 Å². The Kier molecular flexibility index (Phi) is 3.83. The van der Waals surface area contributed by atoms with Gasteiger partial charge in [-0.15, -0.1) is 5.10 Å². The second-order valence-corrected chi connectivity index (χ2v) is 4.19. The predicted octanol–water partition coefficient (Wildman–Crippen LogP) is 0.895. The Bertz CT molecular complexity index is 510. The Balaban J connectivity index is 2.02. The van der Waals surface area contributed by atoms with E-state index in [0.29, 0.717) is 18.5 Å². The first-order valence-electron chi connectivity index (χ1n) is 5.71. The molecule has 2 aromatic rings. The highest BCUT2D eigenvalue weighted by Gasteiger charge is 2.05. The first-order chi connectivity index (χ1) is 8.63. The maximum Gasteiger partial charge on any atom is 0.342 e. The second-order valence-electron chi connectivity index (χ2n) is 4.19. The number of aryl methyl sites for hydroxylation is 1. The van der Waals surface area contributed by atoms with Crippen molar-refractivity contribution in [2.24, 2.45) is 7.05 Å². The van der Waals surface area contributed by atoms with Crippen molar-refractivity contribution in [2.45, 2.75) is 26.4 Å². The van der Waals surface area contributed by atoms with E-state index in [9.17, 15) is 0 Å². The van der Waals surface area contributed by atoms with Gasteiger partial charge < -0.3 is 10.1 Å². The first-order valence-corrected chi connectivity index (χ1v) is 5.71. The van der Waals surface area contributed by atoms with Crippen LogP contribution in [0.25, 0.3) is 0 Å². The number of nitrogens with one attached hydrogen (secondary N) is 1. The van der Waals surface area contributed by atoms with Crippen LogP contribution in [0.15, 0.2) is 18.7 Å². The molecule has 0 saturated heterocycles. The van der Waals surface area contributed by atoms with Crippen LogP contribution in [0.4, 0.5) is 0 Å². The average molecular weight is 248 g/mol. The van der Waals surface area contributed by atoms with E-state index in [1.54, 1.807) is 24.3 Å². The van der Waals surface area contributed by atoms with Gasteiger partial charge in [0.25, 0.3) is 0 Å². The number of aromatic nitrogens is 5. The Morgan fingerprint density at radius 1 is 1.39 bits per heavy atom. The summed E-state index contributed by atoms with van der Waals surface area (Å²) < 4.78 is 6.96. The summed E-state index contributed by atoms with van der Waals surface area (Å²) in [5.41, 5.74) is 0.817. The Morgan fingerprint density at radius 3 is 2.89 bits per heavy atom. The fourth-order valence-electron chi connectivity index (χ4n) is 1.29. The molecule has 7 nitrogen and oxygen atoms in total. The highest BCUT2D eigenvalue weighted by molar-refractivity contribution is 5.12. The molecule has 0 fully saturated rings. The van der Waals surface area contributed by atoms with Gasteiger partial charge in [0, 0.05) is 25.8 Å². The molecule has 0 spiro atoms. The van der Waals surface area contributed by atoms with Crippen molar-refractivity contribution in [3.63, 3.8) is 0 Å². The molecule has 0 radical (unpaired) electrons. The molecular weight excluding hydrogens is 232 g/mol. The lowest BCUT2D eigenvalue weighted by Crippen LogP contribution is -2.22. The molecule has 0 saturated carbocycles. The van der Waals surface area contributed by atoms with E-state index in [4.69, 9.17) is 4.74 Å². The molecule has 2 rings (SSSR count). The van der Waals surface area contributed by atoms with Gasteiger partial charge >= 0.3 is 6.01 Å². The van der Waals surface area contributed by atoms with Crippen molar-refractivity contribution in [1.82, 2.24) is 30.0 Å². The van der Waals surface area contributed by atoms with Gasteiger partial charge in [0.15, 0.2) is 0 Å². The molecule has 1 N–H and O–H groups in total. The van der Waals surface area contributed by atoms with E-state index in [1.807, 2.05) is 0 Å². The number of nitrogens with zero attached hydrogens (tertiary/aromatic N) is 5. The van der Waals surface area contributed by atoms with Gasteiger partial charge in [0.05, 0.1) is 11.9 Å². The van der Waals surface area contributed by atoms with E-state index >= 15 is 0 Å². The highest BCUT2D eigenvalue weighted by Crippen LogP contribution is 2.13. The molecule has 0 bridgehead atoms. The molecule has 7 heteroatoms. The third-order valence-corrected chi connectivity index (χ3v) is 2.13. The zero-order valence-corrected chi connectivity index (χ0v) is 10.7. The number of ether oxygens (including phenoxy) is 1. The number of hydrogen-bond donors (Lipinski definition) is 1. The van der Waals surface area contributed by atoms with Gasteiger partial charge in [-0.2, -0.15) is 4.98 Å². The summed E-state index contributed by atoms with van der Waals surface area (Å²) in [4.78, 5) is 12.3. The lowest BCUT2D eigenvalue weighted by molar-refractivity contribution is 0.417. The van der Waals surface area contributed by atoms with E-state index in [1.165, 1.54) is 6.20 Å². The zero-order chi connectivity index (χ0) is 13.0. The van der Waals surface area contributed by atoms with Crippen LogP contribution in [0, 0.1) is 0 Å². The van der Waals surface area contributed by atoms with Gasteiger partial charge in [0.2, 0.25) is 5.88 Å². The molecule has 2 heterocycles. The first kappa shape index (κ1) is 12.4. The highest BCUT2D eigenvalue weighted by atomic mass is 16.5. The number of rotatable bonds is 5. The van der Waals surface area contributed by atoms with Crippen molar-refractivity contribution in [2.75, 3.05) is 0 Å². The van der Waals surface area contributed by atoms with Gasteiger partial charge in [-0.05, 0) is 0 Å². The van der Waals surface area contributed by atoms with Crippen molar-refractivity contribution in [3.05, 3.63) is 24.4 Å². The molecule has 0 aliphatic heterocycles. The smallest absolute Gasteiger partial charge is 0.342 e. The summed E-state index contributed by atoms with van der Waals surface area (Å²) in [7, 11) is 1.77. The van der Waals surface area contributed by atoms with Gasteiger partial charge in [-0.1, -0.05) is 13.8 Å². The lowest BCUT2D eigenvalue weighted by Gasteiger charge is -2.07. The van der Waals surface area contributed by atoms with Crippen LogP contribution in [0.2, 0.25) is 0 Å². The SMILES string of the molecule is CC(C)NCc1cncc(Oc2ncn(C)n2)n1. The predicted molar refractivity (Wildman–Crippen MR) is 65.1 cm³/mol. The van der Waals surface area contributed by atoms with Gasteiger partial charge in [-0.25, -0.2) is 4.98 Å². The molecule has 96 valence electrons. The third-order valence-electron chi connectivity index (χ3n) is 2.13. The standard InChI is InChI=1S/C11H16N6O/c1-8(2)13-5-9-4-12-6-10(15-9)18-11-14-7-17(3)16-11/h4,6-8,13H,5H2,1-3H3. The van der Waals surface area contributed by atoms with E-state index in [2.05, 4.69) is 39.2 Å². The molecule has 18 heavy (non-hydrogen) atoms. The molecular formula is C11H16N6O. The minimum absolute atomic E-state index is 0.265. The summed E-state index contributed by atoms with van der Waals surface area (Å²) in [6.45, 7) is 4.80. The molecule has 0 atom stereocenters. The Morgan fingerprint density at radius 2 is 2.22 bits per heavy atom. The van der Waals surface area contributed by atoms with Crippen LogP contribution >= 0.6 is 0 Å². The monoisotopic (exact) mass is 248 g/mol. The molecule has 0 aliphatic rings. The molecule has 0 aromatic carbocycles. The van der Waals surface area contributed by atoms with Crippen molar-refractivity contribution >= 4 is 0 Å². The van der Waals surface area contributed by atoms with E-state index < -0.39 is 0 Å². The van der Waals surface area contributed by atoms with Crippen LogP contribution in [0.1, 0.15) is 19.5 Å². The van der Waals surface area contributed by atoms with Crippen molar-refractivity contribution < 1.29 is 4.74 Å². The van der Waals surface area contributed by atoms with Crippen LogP contribution in [0.5, 0.6) is 11.9 Å². The molecule has 2 aromatic heterocycles. The quantitative estimate of drug-likeness (QED) is 0.847. The summed E-state index contributed by atoms with van der Waals surface area (Å²) in [6.07, 6.45) is 4.80. The van der Waals surface area contributed by atoms with Crippen LogP contribution < -0.4 is 10.1 Å². The minimum Gasteiger partial charge on any atom is -0.402 e. The zero-order valence-electron chi connectivity index (χ0n) is 10.7. The van der Waals surface area contributed by atoms with Crippen molar-refractivity contribution in [1.29, 1.82) is 0 Å².